The highest BCUT2D eigenvalue weighted by atomic mass is 16.2. The SMILES string of the molecule is CC[C@@H](C(=O)N(CC)Cc1ccccc1)c1ccccc1. The molecule has 1 atom stereocenters. The molecule has 2 heteroatoms. The van der Waals surface area contributed by atoms with Gasteiger partial charge >= 0.3 is 0 Å². The third-order valence-electron chi connectivity index (χ3n) is 3.82. The average molecular weight is 281 g/mol. The van der Waals surface area contributed by atoms with Crippen LogP contribution in [0.4, 0.5) is 0 Å². The highest BCUT2D eigenvalue weighted by molar-refractivity contribution is 5.83. The van der Waals surface area contributed by atoms with Crippen LogP contribution in [0.3, 0.4) is 0 Å². The van der Waals surface area contributed by atoms with E-state index in [4.69, 9.17) is 0 Å². The summed E-state index contributed by atoms with van der Waals surface area (Å²) in [4.78, 5) is 14.8. The van der Waals surface area contributed by atoms with E-state index in [0.717, 1.165) is 18.5 Å². The number of likely N-dealkylation sites (N-methyl/N-ethyl adjacent to an activating group) is 1. The molecule has 2 rings (SSSR count). The molecular formula is C19H23NO. The first kappa shape index (κ1) is 15.3. The summed E-state index contributed by atoms with van der Waals surface area (Å²) < 4.78 is 0. The summed E-state index contributed by atoms with van der Waals surface area (Å²) in [6.45, 7) is 5.53. The molecule has 0 aliphatic carbocycles. The van der Waals surface area contributed by atoms with E-state index in [1.165, 1.54) is 5.56 Å². The van der Waals surface area contributed by atoms with Gasteiger partial charge in [0.25, 0.3) is 0 Å². The maximum atomic E-state index is 12.8. The first-order valence-electron chi connectivity index (χ1n) is 7.63. The molecule has 0 spiro atoms. The Morgan fingerprint density at radius 2 is 1.52 bits per heavy atom. The molecular weight excluding hydrogens is 258 g/mol. The molecule has 0 saturated heterocycles. The van der Waals surface area contributed by atoms with Crippen molar-refractivity contribution in [3.63, 3.8) is 0 Å². The van der Waals surface area contributed by atoms with E-state index < -0.39 is 0 Å². The summed E-state index contributed by atoms with van der Waals surface area (Å²) in [7, 11) is 0. The summed E-state index contributed by atoms with van der Waals surface area (Å²) in [6, 6.07) is 20.2. The second-order valence-electron chi connectivity index (χ2n) is 5.21. The molecule has 0 bridgehead atoms. The van der Waals surface area contributed by atoms with Gasteiger partial charge in [0.2, 0.25) is 5.91 Å². The first-order chi connectivity index (χ1) is 10.3. The predicted molar refractivity (Wildman–Crippen MR) is 87.0 cm³/mol. The minimum absolute atomic E-state index is 0.0464. The van der Waals surface area contributed by atoms with E-state index in [0.29, 0.717) is 6.54 Å². The van der Waals surface area contributed by atoms with Crippen molar-refractivity contribution in [1.82, 2.24) is 4.90 Å². The molecule has 0 saturated carbocycles. The van der Waals surface area contributed by atoms with E-state index in [1.807, 2.05) is 60.4 Å². The van der Waals surface area contributed by atoms with Gasteiger partial charge in [-0.2, -0.15) is 0 Å². The van der Waals surface area contributed by atoms with Gasteiger partial charge in [0.1, 0.15) is 0 Å². The minimum atomic E-state index is -0.0464. The van der Waals surface area contributed by atoms with Crippen molar-refractivity contribution in [3.05, 3.63) is 71.8 Å². The lowest BCUT2D eigenvalue weighted by molar-refractivity contribution is -0.133. The van der Waals surface area contributed by atoms with Crippen molar-refractivity contribution >= 4 is 5.91 Å². The Labute approximate surface area is 127 Å². The molecule has 0 N–H and O–H groups in total. The van der Waals surface area contributed by atoms with E-state index in [2.05, 4.69) is 19.1 Å². The van der Waals surface area contributed by atoms with Crippen molar-refractivity contribution < 1.29 is 4.79 Å². The highest BCUT2D eigenvalue weighted by Gasteiger charge is 2.23. The average Bonchev–Trinajstić information content (AvgIpc) is 2.55. The fourth-order valence-electron chi connectivity index (χ4n) is 2.61. The Balaban J connectivity index is 2.15. The monoisotopic (exact) mass is 281 g/mol. The maximum absolute atomic E-state index is 12.8. The van der Waals surface area contributed by atoms with Crippen LogP contribution in [0.25, 0.3) is 0 Å². The molecule has 0 aliphatic heterocycles. The zero-order valence-electron chi connectivity index (χ0n) is 12.8. The lowest BCUT2D eigenvalue weighted by Gasteiger charge is -2.26. The van der Waals surface area contributed by atoms with Gasteiger partial charge < -0.3 is 4.90 Å². The topological polar surface area (TPSA) is 20.3 Å². The molecule has 2 nitrogen and oxygen atoms in total. The molecule has 0 heterocycles. The van der Waals surface area contributed by atoms with Crippen LogP contribution in [-0.4, -0.2) is 17.4 Å². The second-order valence-corrected chi connectivity index (χ2v) is 5.21. The Hall–Kier alpha value is -2.09. The smallest absolute Gasteiger partial charge is 0.230 e. The number of amides is 1. The molecule has 2 aromatic carbocycles. The van der Waals surface area contributed by atoms with Crippen LogP contribution >= 0.6 is 0 Å². The Kier molecular flexibility index (Phi) is 5.56. The highest BCUT2D eigenvalue weighted by Crippen LogP contribution is 2.22. The number of rotatable bonds is 6. The summed E-state index contributed by atoms with van der Waals surface area (Å²) in [5.74, 6) is 0.171. The largest absolute Gasteiger partial charge is 0.338 e. The normalized spacial score (nSPS) is 11.9. The van der Waals surface area contributed by atoms with Crippen LogP contribution in [-0.2, 0) is 11.3 Å². The van der Waals surface area contributed by atoms with Gasteiger partial charge in [-0.15, -0.1) is 0 Å². The van der Waals surface area contributed by atoms with Crippen LogP contribution in [0.2, 0.25) is 0 Å². The number of carbonyl (C=O) groups excluding carboxylic acids is 1. The number of hydrogen-bond donors (Lipinski definition) is 0. The summed E-state index contributed by atoms with van der Waals surface area (Å²) in [5.41, 5.74) is 2.28. The molecule has 2 aromatic rings. The fourth-order valence-corrected chi connectivity index (χ4v) is 2.61. The van der Waals surface area contributed by atoms with E-state index in [-0.39, 0.29) is 11.8 Å². The molecule has 0 unspecified atom stereocenters. The van der Waals surface area contributed by atoms with Crippen LogP contribution in [0, 0.1) is 0 Å². The van der Waals surface area contributed by atoms with Gasteiger partial charge in [-0.05, 0) is 24.5 Å². The lowest BCUT2D eigenvalue weighted by Crippen LogP contribution is -2.34. The molecule has 0 radical (unpaired) electrons. The number of hydrogen-bond acceptors (Lipinski definition) is 1. The molecule has 1 amide bonds. The number of nitrogens with zero attached hydrogens (tertiary/aromatic N) is 1. The number of carbonyl (C=O) groups is 1. The summed E-state index contributed by atoms with van der Waals surface area (Å²) in [6.07, 6.45) is 0.828. The fraction of sp³-hybridized carbons (Fsp3) is 0.316. The Morgan fingerprint density at radius 3 is 2.05 bits per heavy atom. The van der Waals surface area contributed by atoms with Gasteiger partial charge in [-0.3, -0.25) is 4.79 Å². The first-order valence-corrected chi connectivity index (χ1v) is 7.63. The van der Waals surface area contributed by atoms with Gasteiger partial charge in [-0.25, -0.2) is 0 Å². The van der Waals surface area contributed by atoms with Crippen LogP contribution in [0.5, 0.6) is 0 Å². The quantitative estimate of drug-likeness (QED) is 0.776. The van der Waals surface area contributed by atoms with Gasteiger partial charge in [0.05, 0.1) is 5.92 Å². The second kappa shape index (κ2) is 7.63. The van der Waals surface area contributed by atoms with Gasteiger partial charge in [0.15, 0.2) is 0 Å². The minimum Gasteiger partial charge on any atom is -0.338 e. The molecule has 0 aliphatic rings. The maximum Gasteiger partial charge on any atom is 0.230 e. The summed E-state index contributed by atoms with van der Waals surface area (Å²) >= 11 is 0. The van der Waals surface area contributed by atoms with E-state index in [1.54, 1.807) is 0 Å². The van der Waals surface area contributed by atoms with Crippen molar-refractivity contribution in [3.8, 4) is 0 Å². The van der Waals surface area contributed by atoms with E-state index >= 15 is 0 Å². The van der Waals surface area contributed by atoms with Gasteiger partial charge in [-0.1, -0.05) is 67.6 Å². The molecule has 0 fully saturated rings. The third kappa shape index (κ3) is 3.94. The molecule has 21 heavy (non-hydrogen) atoms. The van der Waals surface area contributed by atoms with Crippen molar-refractivity contribution in [1.29, 1.82) is 0 Å². The molecule has 0 aromatic heterocycles. The van der Waals surface area contributed by atoms with Crippen molar-refractivity contribution in [2.24, 2.45) is 0 Å². The zero-order chi connectivity index (χ0) is 15.1. The molecule has 110 valence electrons. The zero-order valence-corrected chi connectivity index (χ0v) is 12.8. The third-order valence-corrected chi connectivity index (χ3v) is 3.82. The summed E-state index contributed by atoms with van der Waals surface area (Å²) in [5, 5.41) is 0. The standard InChI is InChI=1S/C19H23NO/c1-3-18(17-13-9-6-10-14-17)19(21)20(4-2)15-16-11-7-5-8-12-16/h5-14,18H,3-4,15H2,1-2H3/t18-/m1/s1. The predicted octanol–water partition coefficient (Wildman–Crippen LogP) is 4.23. The van der Waals surface area contributed by atoms with Crippen molar-refractivity contribution in [2.45, 2.75) is 32.7 Å². The van der Waals surface area contributed by atoms with Gasteiger partial charge in [0, 0.05) is 13.1 Å². The van der Waals surface area contributed by atoms with E-state index in [9.17, 15) is 4.79 Å². The number of benzene rings is 2. The van der Waals surface area contributed by atoms with Crippen LogP contribution < -0.4 is 0 Å². The Bertz CT molecular complexity index is 550. The van der Waals surface area contributed by atoms with Crippen molar-refractivity contribution in [2.75, 3.05) is 6.54 Å². The van der Waals surface area contributed by atoms with Crippen LogP contribution in [0.15, 0.2) is 60.7 Å². The van der Waals surface area contributed by atoms with Crippen LogP contribution in [0.1, 0.15) is 37.3 Å². The Morgan fingerprint density at radius 1 is 0.952 bits per heavy atom. The lowest BCUT2D eigenvalue weighted by atomic mass is 9.95.